The molecule has 0 aliphatic heterocycles. The van der Waals surface area contributed by atoms with E-state index in [0.29, 0.717) is 35.8 Å². The Morgan fingerprint density at radius 3 is 2.79 bits per heavy atom. The molecule has 29 heavy (non-hydrogen) atoms. The van der Waals surface area contributed by atoms with Crippen molar-refractivity contribution in [1.82, 2.24) is 0 Å². The highest BCUT2D eigenvalue weighted by Crippen LogP contribution is 2.67. The molecule has 0 heterocycles. The minimum atomic E-state index is -0.104. The van der Waals surface area contributed by atoms with Crippen LogP contribution in [0.25, 0.3) is 0 Å². The normalized spacial score (nSPS) is 46.9. The second-order valence-corrected chi connectivity index (χ2v) is 11.3. The number of rotatable bonds is 7. The smallest absolute Gasteiger partial charge is 0.118 e. The SMILES string of the molecule is C[C@@]12CCC[C@H]1[C@@H]1CC[C@@H]3C[C@@H](O)CC(CC/C=N/OCCCN)[C@]3(C)[C@H]1CC2. The maximum atomic E-state index is 10.6. The lowest BCUT2D eigenvalue weighted by Crippen LogP contribution is -2.56. The molecular formula is C25H44N2O2. The number of nitrogens with two attached hydrogens (primary N) is 1. The van der Waals surface area contributed by atoms with Crippen molar-refractivity contribution < 1.29 is 9.94 Å². The Hall–Kier alpha value is -0.610. The van der Waals surface area contributed by atoms with Gasteiger partial charge in [0.25, 0.3) is 0 Å². The van der Waals surface area contributed by atoms with Crippen molar-refractivity contribution >= 4 is 6.21 Å². The van der Waals surface area contributed by atoms with E-state index >= 15 is 0 Å². The highest BCUT2D eigenvalue weighted by Gasteiger charge is 2.60. The van der Waals surface area contributed by atoms with E-state index in [1.54, 1.807) is 0 Å². The number of oxime groups is 1. The summed E-state index contributed by atoms with van der Waals surface area (Å²) < 4.78 is 0. The topological polar surface area (TPSA) is 67.8 Å². The number of hydrogen-bond acceptors (Lipinski definition) is 4. The zero-order valence-corrected chi connectivity index (χ0v) is 18.8. The lowest BCUT2D eigenvalue weighted by atomic mass is 9.42. The van der Waals surface area contributed by atoms with E-state index in [1.807, 2.05) is 6.21 Å². The van der Waals surface area contributed by atoms with Gasteiger partial charge in [-0.15, -0.1) is 0 Å². The highest BCUT2D eigenvalue weighted by molar-refractivity contribution is 5.56. The van der Waals surface area contributed by atoms with E-state index in [1.165, 1.54) is 44.9 Å². The number of nitrogens with zero attached hydrogens (tertiary/aromatic N) is 1. The van der Waals surface area contributed by atoms with Gasteiger partial charge in [-0.25, -0.2) is 0 Å². The zero-order valence-electron chi connectivity index (χ0n) is 18.8. The summed E-state index contributed by atoms with van der Waals surface area (Å²) >= 11 is 0. The number of aliphatic hydroxyl groups excluding tert-OH is 1. The molecule has 3 N–H and O–H groups in total. The van der Waals surface area contributed by atoms with E-state index in [4.69, 9.17) is 10.6 Å². The fourth-order valence-corrected chi connectivity index (χ4v) is 8.49. The standard InChI is InChI=1S/C25H44N2O2/c1-24-11-3-7-22(24)21-9-8-19-17-20(28)16-18(25(19,2)23(21)10-12-24)6-4-14-27-29-15-5-13-26/h14,18-23,28H,3-13,15-17,26H2,1-2H3/b27-14+/t18?,19-,20+,21+,22+,23+,24+,25+/m1/s1. The van der Waals surface area contributed by atoms with Crippen molar-refractivity contribution in [2.24, 2.45) is 51.3 Å². The van der Waals surface area contributed by atoms with Crippen LogP contribution in [0.2, 0.25) is 0 Å². The van der Waals surface area contributed by atoms with Crippen LogP contribution < -0.4 is 5.73 Å². The molecule has 0 amide bonds. The van der Waals surface area contributed by atoms with Crippen molar-refractivity contribution in [3.63, 3.8) is 0 Å². The first-order chi connectivity index (χ1) is 14.0. The van der Waals surface area contributed by atoms with Gasteiger partial charge < -0.3 is 15.7 Å². The van der Waals surface area contributed by atoms with Crippen molar-refractivity contribution in [3.8, 4) is 0 Å². The van der Waals surface area contributed by atoms with Gasteiger partial charge in [-0.1, -0.05) is 25.4 Å². The van der Waals surface area contributed by atoms with E-state index in [-0.39, 0.29) is 6.10 Å². The van der Waals surface area contributed by atoms with Crippen LogP contribution in [0.4, 0.5) is 0 Å². The Balaban J connectivity index is 1.45. The second kappa shape index (κ2) is 8.86. The molecule has 4 aliphatic carbocycles. The molecule has 4 saturated carbocycles. The lowest BCUT2D eigenvalue weighted by Gasteiger charge is -2.63. The minimum Gasteiger partial charge on any atom is -0.396 e. The third-order valence-corrected chi connectivity index (χ3v) is 9.97. The van der Waals surface area contributed by atoms with Crippen molar-refractivity contribution in [2.75, 3.05) is 13.2 Å². The van der Waals surface area contributed by atoms with Gasteiger partial charge in [0.2, 0.25) is 0 Å². The van der Waals surface area contributed by atoms with Gasteiger partial charge in [-0.05, 0) is 118 Å². The molecule has 0 spiro atoms. The molecule has 8 atom stereocenters. The molecule has 0 bridgehead atoms. The van der Waals surface area contributed by atoms with Crippen LogP contribution in [0.5, 0.6) is 0 Å². The van der Waals surface area contributed by atoms with Crippen LogP contribution in [0, 0.1) is 40.4 Å². The average Bonchev–Trinajstić information content (AvgIpc) is 3.10. The summed E-state index contributed by atoms with van der Waals surface area (Å²) in [6.45, 7) is 6.48. The lowest BCUT2D eigenvalue weighted by molar-refractivity contribution is -0.153. The van der Waals surface area contributed by atoms with Crippen LogP contribution in [0.15, 0.2) is 5.16 Å². The van der Waals surface area contributed by atoms with Crippen molar-refractivity contribution in [2.45, 2.75) is 97.0 Å². The monoisotopic (exact) mass is 404 g/mol. The summed E-state index contributed by atoms with van der Waals surface area (Å²) in [7, 11) is 0. The zero-order chi connectivity index (χ0) is 20.5. The van der Waals surface area contributed by atoms with E-state index in [2.05, 4.69) is 19.0 Å². The van der Waals surface area contributed by atoms with Crippen molar-refractivity contribution in [1.29, 1.82) is 0 Å². The number of hydrogen-bond donors (Lipinski definition) is 2. The first kappa shape index (κ1) is 21.6. The summed E-state index contributed by atoms with van der Waals surface area (Å²) in [6, 6.07) is 0. The first-order valence-corrected chi connectivity index (χ1v) is 12.5. The van der Waals surface area contributed by atoms with Crippen molar-refractivity contribution in [3.05, 3.63) is 0 Å². The van der Waals surface area contributed by atoms with E-state index < -0.39 is 0 Å². The molecule has 4 heteroatoms. The third kappa shape index (κ3) is 4.01. The maximum Gasteiger partial charge on any atom is 0.118 e. The molecule has 166 valence electrons. The summed E-state index contributed by atoms with van der Waals surface area (Å²) in [5.41, 5.74) is 6.52. The molecule has 0 radical (unpaired) electrons. The van der Waals surface area contributed by atoms with E-state index in [0.717, 1.165) is 49.9 Å². The number of fused-ring (bicyclic) bond motifs is 5. The van der Waals surface area contributed by atoms with Gasteiger partial charge in [0.1, 0.15) is 6.61 Å². The Morgan fingerprint density at radius 2 is 1.97 bits per heavy atom. The molecular weight excluding hydrogens is 360 g/mol. The molecule has 0 aromatic rings. The summed E-state index contributed by atoms with van der Waals surface area (Å²) in [5, 5.41) is 14.8. The fraction of sp³-hybridized carbons (Fsp3) is 0.960. The van der Waals surface area contributed by atoms with Crippen LogP contribution in [-0.4, -0.2) is 30.6 Å². The minimum absolute atomic E-state index is 0.104. The molecule has 4 nitrogen and oxygen atoms in total. The molecule has 0 saturated heterocycles. The maximum absolute atomic E-state index is 10.6. The van der Waals surface area contributed by atoms with Gasteiger partial charge in [0.05, 0.1) is 6.10 Å². The Labute approximate surface area is 178 Å². The Bertz CT molecular complexity index is 581. The molecule has 4 rings (SSSR count). The Morgan fingerprint density at radius 1 is 1.10 bits per heavy atom. The third-order valence-electron chi connectivity index (χ3n) is 9.97. The fourth-order valence-electron chi connectivity index (χ4n) is 8.49. The van der Waals surface area contributed by atoms with Gasteiger partial charge in [0, 0.05) is 6.21 Å². The van der Waals surface area contributed by atoms with Crippen LogP contribution >= 0.6 is 0 Å². The predicted octanol–water partition coefficient (Wildman–Crippen LogP) is 5.14. The average molecular weight is 405 g/mol. The van der Waals surface area contributed by atoms with E-state index in [9.17, 15) is 5.11 Å². The Kier molecular flexibility index (Phi) is 6.61. The highest BCUT2D eigenvalue weighted by atomic mass is 16.6. The molecule has 1 unspecified atom stereocenters. The quantitative estimate of drug-likeness (QED) is 0.351. The van der Waals surface area contributed by atoms with Gasteiger partial charge in [0.15, 0.2) is 0 Å². The summed E-state index contributed by atoms with van der Waals surface area (Å²) in [4.78, 5) is 5.30. The molecule has 0 aromatic heterocycles. The van der Waals surface area contributed by atoms with Gasteiger partial charge >= 0.3 is 0 Å². The summed E-state index contributed by atoms with van der Waals surface area (Å²) in [6.07, 6.45) is 16.8. The van der Waals surface area contributed by atoms with Crippen LogP contribution in [0.1, 0.15) is 90.9 Å². The molecule has 4 fully saturated rings. The largest absolute Gasteiger partial charge is 0.396 e. The van der Waals surface area contributed by atoms with Crippen LogP contribution in [-0.2, 0) is 4.84 Å². The van der Waals surface area contributed by atoms with Gasteiger partial charge in [-0.3, -0.25) is 0 Å². The summed E-state index contributed by atoms with van der Waals surface area (Å²) in [5.74, 6) is 4.09. The molecule has 4 aliphatic rings. The second-order valence-electron chi connectivity index (χ2n) is 11.3. The van der Waals surface area contributed by atoms with Gasteiger partial charge in [-0.2, -0.15) is 0 Å². The molecule has 0 aromatic carbocycles. The first-order valence-electron chi connectivity index (χ1n) is 12.5. The predicted molar refractivity (Wildman–Crippen MR) is 119 cm³/mol. The van der Waals surface area contributed by atoms with Crippen LogP contribution in [0.3, 0.4) is 0 Å². The number of aliphatic hydroxyl groups is 1.